The molecule has 0 saturated heterocycles. The quantitative estimate of drug-likeness (QED) is 0.761. The Hall–Kier alpha value is -1.76. The molecule has 1 heteroatoms. The first kappa shape index (κ1) is 12.3. The van der Waals surface area contributed by atoms with Crippen LogP contribution in [0.15, 0.2) is 54.6 Å². The monoisotopic (exact) mass is 252 g/mol. The summed E-state index contributed by atoms with van der Waals surface area (Å²) in [5.74, 6) is 2.64. The number of ether oxygens (including phenoxy) is 1. The maximum Gasteiger partial charge on any atom is 0.119 e. The Kier molecular flexibility index (Phi) is 3.54. The van der Waals surface area contributed by atoms with Gasteiger partial charge in [0, 0.05) is 0 Å². The van der Waals surface area contributed by atoms with Crippen molar-refractivity contribution in [2.45, 2.75) is 32.3 Å². The molecule has 1 fully saturated rings. The summed E-state index contributed by atoms with van der Waals surface area (Å²) in [5, 5.41) is 0. The van der Waals surface area contributed by atoms with E-state index in [2.05, 4.69) is 43.3 Å². The van der Waals surface area contributed by atoms with Gasteiger partial charge in [-0.2, -0.15) is 0 Å². The molecular weight excluding hydrogens is 232 g/mol. The first-order valence-electron chi connectivity index (χ1n) is 7.08. The largest absolute Gasteiger partial charge is 0.489 e. The molecule has 0 N–H and O–H groups in total. The Morgan fingerprint density at radius 2 is 1.63 bits per heavy atom. The molecule has 0 aromatic heterocycles. The lowest BCUT2D eigenvalue weighted by Gasteiger charge is -2.33. The average Bonchev–Trinajstić information content (AvgIpc) is 2.44. The van der Waals surface area contributed by atoms with E-state index in [-0.39, 0.29) is 0 Å². The van der Waals surface area contributed by atoms with Gasteiger partial charge in [0.25, 0.3) is 0 Å². The van der Waals surface area contributed by atoms with Crippen molar-refractivity contribution in [3.63, 3.8) is 0 Å². The minimum absolute atomic E-state index is 0.640. The minimum atomic E-state index is 0.640. The van der Waals surface area contributed by atoms with Crippen molar-refractivity contribution < 1.29 is 4.74 Å². The molecule has 0 bridgehead atoms. The first-order chi connectivity index (χ1) is 9.31. The molecule has 0 heterocycles. The zero-order valence-electron chi connectivity index (χ0n) is 11.4. The normalized spacial score (nSPS) is 21.7. The van der Waals surface area contributed by atoms with Crippen LogP contribution in [-0.4, -0.2) is 0 Å². The van der Waals surface area contributed by atoms with Gasteiger partial charge in [0.15, 0.2) is 0 Å². The molecule has 2 aromatic rings. The number of hydrogen-bond acceptors (Lipinski definition) is 1. The van der Waals surface area contributed by atoms with Crippen LogP contribution in [0.3, 0.4) is 0 Å². The van der Waals surface area contributed by atoms with Crippen LogP contribution < -0.4 is 4.74 Å². The van der Waals surface area contributed by atoms with Gasteiger partial charge in [-0.05, 0) is 47.9 Å². The molecule has 0 radical (unpaired) electrons. The minimum Gasteiger partial charge on any atom is -0.489 e. The predicted octanol–water partition coefficient (Wildman–Crippen LogP) is 4.78. The topological polar surface area (TPSA) is 9.23 Å². The van der Waals surface area contributed by atoms with E-state index in [1.54, 1.807) is 0 Å². The highest BCUT2D eigenvalue weighted by Crippen LogP contribution is 2.41. The third-order valence-corrected chi connectivity index (χ3v) is 3.97. The SMILES string of the molecule is CC1CC(c2ccc(OCc3ccccc3)cc2)C1. The molecule has 0 spiro atoms. The Morgan fingerprint density at radius 1 is 0.947 bits per heavy atom. The molecular formula is C18H20O. The van der Waals surface area contributed by atoms with Crippen LogP contribution in [0.25, 0.3) is 0 Å². The molecule has 1 aliphatic rings. The van der Waals surface area contributed by atoms with E-state index < -0.39 is 0 Å². The van der Waals surface area contributed by atoms with E-state index in [9.17, 15) is 0 Å². The van der Waals surface area contributed by atoms with Crippen LogP contribution >= 0.6 is 0 Å². The Balaban J connectivity index is 1.57. The zero-order valence-corrected chi connectivity index (χ0v) is 11.4. The molecule has 0 unspecified atom stereocenters. The second-order valence-electron chi connectivity index (χ2n) is 5.62. The smallest absolute Gasteiger partial charge is 0.119 e. The third kappa shape index (κ3) is 2.98. The van der Waals surface area contributed by atoms with Gasteiger partial charge in [0.05, 0.1) is 0 Å². The maximum atomic E-state index is 5.80. The third-order valence-electron chi connectivity index (χ3n) is 3.97. The van der Waals surface area contributed by atoms with Gasteiger partial charge >= 0.3 is 0 Å². The average molecular weight is 252 g/mol. The van der Waals surface area contributed by atoms with Crippen molar-refractivity contribution in [3.8, 4) is 5.75 Å². The zero-order chi connectivity index (χ0) is 13.1. The maximum absolute atomic E-state index is 5.80. The molecule has 0 amide bonds. The Bertz CT molecular complexity index is 509. The van der Waals surface area contributed by atoms with Gasteiger partial charge in [0.1, 0.15) is 12.4 Å². The molecule has 1 nitrogen and oxygen atoms in total. The summed E-state index contributed by atoms with van der Waals surface area (Å²) >= 11 is 0. The molecule has 0 atom stereocenters. The van der Waals surface area contributed by atoms with E-state index in [0.29, 0.717) is 6.61 Å². The van der Waals surface area contributed by atoms with E-state index in [1.165, 1.54) is 24.0 Å². The van der Waals surface area contributed by atoms with E-state index in [0.717, 1.165) is 17.6 Å². The van der Waals surface area contributed by atoms with Crippen LogP contribution in [0.1, 0.15) is 36.8 Å². The lowest BCUT2D eigenvalue weighted by Crippen LogP contribution is -2.18. The molecule has 0 aliphatic heterocycles. The lowest BCUT2D eigenvalue weighted by atomic mass is 9.72. The summed E-state index contributed by atoms with van der Waals surface area (Å²) in [6.07, 6.45) is 2.68. The van der Waals surface area contributed by atoms with Crippen LogP contribution in [0.5, 0.6) is 5.75 Å². The van der Waals surface area contributed by atoms with Crippen LogP contribution in [0, 0.1) is 5.92 Å². The summed E-state index contributed by atoms with van der Waals surface area (Å²) in [5.41, 5.74) is 2.67. The summed E-state index contributed by atoms with van der Waals surface area (Å²) in [7, 11) is 0. The van der Waals surface area contributed by atoms with Gasteiger partial charge in [-0.1, -0.05) is 49.4 Å². The van der Waals surface area contributed by atoms with Gasteiger partial charge in [-0.3, -0.25) is 0 Å². The number of rotatable bonds is 4. The summed E-state index contributed by atoms with van der Waals surface area (Å²) < 4.78 is 5.80. The van der Waals surface area contributed by atoms with Crippen LogP contribution in [-0.2, 0) is 6.61 Å². The highest BCUT2D eigenvalue weighted by molar-refractivity contribution is 5.31. The molecule has 3 rings (SSSR count). The summed E-state index contributed by atoms with van der Waals surface area (Å²) in [6, 6.07) is 18.9. The second-order valence-corrected chi connectivity index (χ2v) is 5.62. The molecule has 1 aliphatic carbocycles. The molecule has 2 aromatic carbocycles. The van der Waals surface area contributed by atoms with Gasteiger partial charge in [-0.25, -0.2) is 0 Å². The van der Waals surface area contributed by atoms with E-state index in [4.69, 9.17) is 4.74 Å². The number of hydrogen-bond donors (Lipinski definition) is 0. The molecule has 98 valence electrons. The van der Waals surface area contributed by atoms with Crippen molar-refractivity contribution in [1.29, 1.82) is 0 Å². The molecule has 1 saturated carbocycles. The van der Waals surface area contributed by atoms with E-state index >= 15 is 0 Å². The highest BCUT2D eigenvalue weighted by atomic mass is 16.5. The van der Waals surface area contributed by atoms with Crippen molar-refractivity contribution >= 4 is 0 Å². The summed E-state index contributed by atoms with van der Waals surface area (Å²) in [4.78, 5) is 0. The fourth-order valence-electron chi connectivity index (χ4n) is 2.75. The summed E-state index contributed by atoms with van der Waals surface area (Å²) in [6.45, 7) is 2.97. The second kappa shape index (κ2) is 5.48. The van der Waals surface area contributed by atoms with Gasteiger partial charge in [0.2, 0.25) is 0 Å². The van der Waals surface area contributed by atoms with Crippen molar-refractivity contribution in [2.24, 2.45) is 5.92 Å². The van der Waals surface area contributed by atoms with E-state index in [1.807, 2.05) is 18.2 Å². The van der Waals surface area contributed by atoms with Crippen molar-refractivity contribution in [2.75, 3.05) is 0 Å². The fraction of sp³-hybridized carbons (Fsp3) is 0.333. The van der Waals surface area contributed by atoms with Crippen molar-refractivity contribution in [1.82, 2.24) is 0 Å². The predicted molar refractivity (Wildman–Crippen MR) is 78.4 cm³/mol. The highest BCUT2D eigenvalue weighted by Gasteiger charge is 2.26. The Morgan fingerprint density at radius 3 is 2.26 bits per heavy atom. The molecule has 19 heavy (non-hydrogen) atoms. The van der Waals surface area contributed by atoms with Crippen LogP contribution in [0.2, 0.25) is 0 Å². The first-order valence-corrected chi connectivity index (χ1v) is 7.08. The van der Waals surface area contributed by atoms with Gasteiger partial charge in [-0.15, -0.1) is 0 Å². The standard InChI is InChI=1S/C18H20O/c1-14-11-17(12-14)16-7-9-18(10-8-16)19-13-15-5-3-2-4-6-15/h2-10,14,17H,11-13H2,1H3. The van der Waals surface area contributed by atoms with Crippen LogP contribution in [0.4, 0.5) is 0 Å². The van der Waals surface area contributed by atoms with Gasteiger partial charge < -0.3 is 4.74 Å². The Labute approximate surface area is 115 Å². The van der Waals surface area contributed by atoms with Crippen molar-refractivity contribution in [3.05, 3.63) is 65.7 Å². The number of benzene rings is 2. The lowest BCUT2D eigenvalue weighted by molar-refractivity contribution is 0.287. The fourth-order valence-corrected chi connectivity index (χ4v) is 2.75.